The topological polar surface area (TPSA) is 66.5 Å². The molecule has 0 atom stereocenters. The van der Waals surface area contributed by atoms with Crippen molar-refractivity contribution in [1.82, 2.24) is 9.62 Å². The van der Waals surface area contributed by atoms with Crippen molar-refractivity contribution in [2.24, 2.45) is 0 Å². The first-order valence-electron chi connectivity index (χ1n) is 7.79. The average Bonchev–Trinajstić information content (AvgIpc) is 3.11. The van der Waals surface area contributed by atoms with E-state index in [1.165, 1.54) is 11.9 Å². The zero-order chi connectivity index (χ0) is 17.6. The van der Waals surface area contributed by atoms with E-state index >= 15 is 0 Å². The van der Waals surface area contributed by atoms with Gasteiger partial charge in [-0.1, -0.05) is 18.2 Å². The number of amides is 1. The van der Waals surface area contributed by atoms with Crippen molar-refractivity contribution >= 4 is 27.3 Å². The van der Waals surface area contributed by atoms with Gasteiger partial charge in [0.15, 0.2) is 0 Å². The molecule has 0 spiro atoms. The third-order valence-electron chi connectivity index (χ3n) is 3.79. The highest BCUT2D eigenvalue weighted by Crippen LogP contribution is 2.15. The second-order valence-electron chi connectivity index (χ2n) is 5.34. The van der Waals surface area contributed by atoms with Gasteiger partial charge in [0.2, 0.25) is 15.9 Å². The molecule has 0 aliphatic heterocycles. The van der Waals surface area contributed by atoms with Crippen molar-refractivity contribution in [2.75, 3.05) is 13.6 Å². The van der Waals surface area contributed by atoms with Crippen molar-refractivity contribution in [2.45, 2.75) is 31.2 Å². The Morgan fingerprint density at radius 3 is 2.46 bits per heavy atom. The first-order chi connectivity index (χ1) is 11.5. The van der Waals surface area contributed by atoms with Crippen LogP contribution in [0.5, 0.6) is 0 Å². The Bertz CT molecular complexity index is 754. The number of benzene rings is 1. The van der Waals surface area contributed by atoms with E-state index in [-0.39, 0.29) is 10.8 Å². The van der Waals surface area contributed by atoms with Crippen LogP contribution in [0.25, 0.3) is 0 Å². The lowest BCUT2D eigenvalue weighted by atomic mass is 10.1. The highest BCUT2D eigenvalue weighted by Gasteiger charge is 2.14. The molecule has 0 radical (unpaired) electrons. The summed E-state index contributed by atoms with van der Waals surface area (Å²) in [5.41, 5.74) is 0.950. The van der Waals surface area contributed by atoms with Gasteiger partial charge in [0.1, 0.15) is 0 Å². The monoisotopic (exact) mass is 366 g/mol. The maximum absolute atomic E-state index is 12.4. The molecule has 0 saturated carbocycles. The second kappa shape index (κ2) is 8.41. The van der Waals surface area contributed by atoms with Crippen LogP contribution in [0.15, 0.2) is 46.7 Å². The van der Waals surface area contributed by atoms with Gasteiger partial charge in [-0.2, -0.15) is 0 Å². The molecule has 0 aliphatic rings. The van der Waals surface area contributed by atoms with Gasteiger partial charge in [0, 0.05) is 17.8 Å². The predicted molar refractivity (Wildman–Crippen MR) is 96.4 cm³/mol. The second-order valence-corrected chi connectivity index (χ2v) is 8.26. The van der Waals surface area contributed by atoms with E-state index < -0.39 is 10.0 Å². The molecule has 24 heavy (non-hydrogen) atoms. The van der Waals surface area contributed by atoms with Gasteiger partial charge >= 0.3 is 0 Å². The Morgan fingerprint density at radius 2 is 1.92 bits per heavy atom. The Balaban J connectivity index is 1.93. The van der Waals surface area contributed by atoms with E-state index in [0.717, 1.165) is 5.56 Å². The fraction of sp³-hybridized carbons (Fsp3) is 0.353. The first-order valence-corrected chi connectivity index (χ1v) is 10.1. The van der Waals surface area contributed by atoms with Crippen molar-refractivity contribution in [3.63, 3.8) is 0 Å². The highest BCUT2D eigenvalue weighted by molar-refractivity contribution is 7.89. The quantitative estimate of drug-likeness (QED) is 0.781. The lowest BCUT2D eigenvalue weighted by Gasteiger charge is -2.20. The molecule has 1 aromatic carbocycles. The van der Waals surface area contributed by atoms with E-state index in [1.54, 1.807) is 35.6 Å². The summed E-state index contributed by atoms with van der Waals surface area (Å²) >= 11 is 1.65. The summed E-state index contributed by atoms with van der Waals surface area (Å²) in [5, 5.41) is 2.01. The Hall–Kier alpha value is -1.70. The van der Waals surface area contributed by atoms with Crippen LogP contribution >= 0.6 is 11.3 Å². The summed E-state index contributed by atoms with van der Waals surface area (Å²) < 4.78 is 25.7. The summed E-state index contributed by atoms with van der Waals surface area (Å²) in [7, 11) is -2.03. The minimum absolute atomic E-state index is 0.109. The van der Waals surface area contributed by atoms with Crippen molar-refractivity contribution in [3.05, 3.63) is 52.2 Å². The van der Waals surface area contributed by atoms with E-state index in [2.05, 4.69) is 4.72 Å². The smallest absolute Gasteiger partial charge is 0.240 e. The van der Waals surface area contributed by atoms with Gasteiger partial charge < -0.3 is 4.90 Å². The third-order valence-corrected chi connectivity index (χ3v) is 6.08. The van der Waals surface area contributed by atoms with Crippen LogP contribution < -0.4 is 4.72 Å². The van der Waals surface area contributed by atoms with Crippen molar-refractivity contribution < 1.29 is 13.2 Å². The Morgan fingerprint density at radius 1 is 1.21 bits per heavy atom. The van der Waals surface area contributed by atoms with Crippen molar-refractivity contribution in [1.29, 1.82) is 0 Å². The van der Waals surface area contributed by atoms with Crippen LogP contribution in [-0.2, 0) is 27.8 Å². The fourth-order valence-electron chi connectivity index (χ4n) is 2.33. The van der Waals surface area contributed by atoms with Gasteiger partial charge in [-0.15, -0.1) is 11.3 Å². The molecule has 0 unspecified atom stereocenters. The molecule has 0 fully saturated rings. The number of nitrogens with zero attached hydrogens (tertiary/aromatic N) is 1. The Labute approximate surface area is 147 Å². The number of carbonyl (C=O) groups is 1. The number of rotatable bonds is 8. The molecule has 1 aromatic heterocycles. The van der Waals surface area contributed by atoms with Crippen LogP contribution in [-0.4, -0.2) is 32.8 Å². The molecule has 2 rings (SSSR count). The van der Waals surface area contributed by atoms with Crippen molar-refractivity contribution in [3.8, 4) is 0 Å². The lowest BCUT2D eigenvalue weighted by Crippen LogP contribution is -2.30. The van der Waals surface area contributed by atoms with Gasteiger partial charge in [-0.3, -0.25) is 4.79 Å². The maximum atomic E-state index is 12.4. The molecular formula is C17H22N2O3S2. The number of aryl methyl sites for hydroxylation is 1. The molecule has 0 bridgehead atoms. The van der Waals surface area contributed by atoms with Crippen LogP contribution in [0.2, 0.25) is 0 Å². The zero-order valence-corrected chi connectivity index (χ0v) is 15.5. The van der Waals surface area contributed by atoms with E-state index in [1.807, 2.05) is 29.3 Å². The normalized spacial score (nSPS) is 11.4. The Kier molecular flexibility index (Phi) is 6.53. The van der Waals surface area contributed by atoms with Gasteiger partial charge in [0.05, 0.1) is 11.4 Å². The number of thiophene rings is 1. The number of carbonyl (C=O) groups excluding carboxylic acids is 1. The summed E-state index contributed by atoms with van der Waals surface area (Å²) in [6.45, 7) is 3.30. The first kappa shape index (κ1) is 18.6. The molecule has 1 amide bonds. The molecule has 1 N–H and O–H groups in total. The molecule has 0 aliphatic carbocycles. The number of sulfonamides is 1. The fourth-order valence-corrected chi connectivity index (χ4v) is 3.78. The molecule has 2 aromatic rings. The van der Waals surface area contributed by atoms with Crippen LogP contribution in [0.3, 0.4) is 0 Å². The molecule has 0 saturated heterocycles. The van der Waals surface area contributed by atoms with E-state index in [9.17, 15) is 13.2 Å². The number of hydrogen-bond acceptors (Lipinski definition) is 4. The van der Waals surface area contributed by atoms with Crippen LogP contribution in [0, 0.1) is 0 Å². The molecular weight excluding hydrogens is 344 g/mol. The minimum atomic E-state index is -3.42. The largest absolute Gasteiger partial charge is 0.338 e. The highest BCUT2D eigenvalue weighted by atomic mass is 32.2. The average molecular weight is 367 g/mol. The SMILES string of the molecule is CCN(Cc1cccs1)C(=O)CCc1ccc(S(=O)(=O)NC)cc1. The number of nitrogens with one attached hydrogen (secondary N) is 1. The molecule has 130 valence electrons. The summed E-state index contributed by atoms with van der Waals surface area (Å²) in [6.07, 6.45) is 1.01. The van der Waals surface area contributed by atoms with Crippen LogP contribution in [0.1, 0.15) is 23.8 Å². The third kappa shape index (κ3) is 4.90. The van der Waals surface area contributed by atoms with Gasteiger partial charge in [0.25, 0.3) is 0 Å². The zero-order valence-electron chi connectivity index (χ0n) is 13.9. The van der Waals surface area contributed by atoms with Crippen LogP contribution in [0.4, 0.5) is 0 Å². The summed E-state index contributed by atoms with van der Waals surface area (Å²) in [5.74, 6) is 0.109. The summed E-state index contributed by atoms with van der Waals surface area (Å²) in [6, 6.07) is 10.7. The molecule has 5 nitrogen and oxygen atoms in total. The lowest BCUT2D eigenvalue weighted by molar-refractivity contribution is -0.131. The summed E-state index contributed by atoms with van der Waals surface area (Å²) in [4.78, 5) is 15.6. The standard InChI is InChI=1S/C17H22N2O3S2/c1-3-19(13-15-5-4-12-23-15)17(20)11-8-14-6-9-16(10-7-14)24(21,22)18-2/h4-7,9-10,12,18H,3,8,11,13H2,1-2H3. The van der Waals surface area contributed by atoms with E-state index in [4.69, 9.17) is 0 Å². The minimum Gasteiger partial charge on any atom is -0.338 e. The van der Waals surface area contributed by atoms with Gasteiger partial charge in [-0.25, -0.2) is 13.1 Å². The molecule has 7 heteroatoms. The molecule has 1 heterocycles. The number of hydrogen-bond donors (Lipinski definition) is 1. The maximum Gasteiger partial charge on any atom is 0.240 e. The predicted octanol–water partition coefficient (Wildman–Crippen LogP) is 2.64. The van der Waals surface area contributed by atoms with Gasteiger partial charge in [-0.05, 0) is 49.5 Å². The van der Waals surface area contributed by atoms with E-state index in [0.29, 0.717) is 25.9 Å².